The second-order valence-corrected chi connectivity index (χ2v) is 9.25. The van der Waals surface area contributed by atoms with Crippen LogP contribution in [-0.2, 0) is 12.3 Å². The lowest BCUT2D eigenvalue weighted by Crippen LogP contribution is -2.33. The monoisotopic (exact) mass is 271 g/mol. The van der Waals surface area contributed by atoms with E-state index in [-0.39, 0.29) is 0 Å². The highest BCUT2D eigenvalue weighted by Crippen LogP contribution is 1.99. The molecule has 1 aliphatic heterocycles. The topological polar surface area (TPSA) is 40.6 Å². The van der Waals surface area contributed by atoms with Crippen LogP contribution in [0.2, 0.25) is 0 Å². The molecule has 0 unspecified atom stereocenters. The summed E-state index contributed by atoms with van der Waals surface area (Å²) in [5, 5.41) is 0. The molecule has 0 N–H and O–H groups in total. The molecular formula is C9H17NO3Si3. The van der Waals surface area contributed by atoms with Crippen LogP contribution in [0.15, 0.2) is 41.9 Å². The lowest BCUT2D eigenvalue weighted by atomic mass is 10.4. The zero-order valence-corrected chi connectivity index (χ0v) is 13.6. The first-order chi connectivity index (χ1) is 7.79. The van der Waals surface area contributed by atoms with Crippen LogP contribution >= 0.6 is 0 Å². The van der Waals surface area contributed by atoms with Gasteiger partial charge in [0.2, 0.25) is 0 Å². The predicted molar refractivity (Wildman–Crippen MR) is 71.2 cm³/mol. The zero-order chi connectivity index (χ0) is 11.6. The van der Waals surface area contributed by atoms with Gasteiger partial charge in [-0.25, -0.2) is 0 Å². The number of pyridine rings is 1. The Morgan fingerprint density at radius 3 is 2.12 bits per heavy atom. The molecule has 0 amide bonds. The van der Waals surface area contributed by atoms with Gasteiger partial charge in [-0.1, -0.05) is 11.6 Å². The molecular weight excluding hydrogens is 254 g/mol. The van der Waals surface area contributed by atoms with E-state index < -0.39 is 29.3 Å². The molecule has 88 valence electrons. The highest BCUT2D eigenvalue weighted by atomic mass is 28.4. The van der Waals surface area contributed by atoms with Crippen molar-refractivity contribution in [3.05, 3.63) is 41.9 Å². The van der Waals surface area contributed by atoms with Gasteiger partial charge in [0.1, 0.15) is 0 Å². The Morgan fingerprint density at radius 2 is 1.75 bits per heavy atom. The fourth-order valence-corrected chi connectivity index (χ4v) is 7.41. The first-order valence-corrected chi connectivity index (χ1v) is 9.02. The Bertz CT molecular complexity index is 273. The van der Waals surface area contributed by atoms with Gasteiger partial charge < -0.3 is 12.3 Å². The van der Waals surface area contributed by atoms with Crippen molar-refractivity contribution in [1.29, 1.82) is 0 Å². The molecule has 16 heavy (non-hydrogen) atoms. The van der Waals surface area contributed by atoms with Gasteiger partial charge in [0.15, 0.2) is 0 Å². The van der Waals surface area contributed by atoms with E-state index in [9.17, 15) is 0 Å². The molecule has 4 nitrogen and oxygen atoms in total. The molecule has 1 aromatic rings. The van der Waals surface area contributed by atoms with E-state index in [0.717, 1.165) is 0 Å². The molecule has 1 fully saturated rings. The van der Waals surface area contributed by atoms with Crippen LogP contribution in [0.25, 0.3) is 0 Å². The first-order valence-electron chi connectivity index (χ1n) is 5.10. The summed E-state index contributed by atoms with van der Waals surface area (Å²) >= 11 is 0. The summed E-state index contributed by atoms with van der Waals surface area (Å²) in [5.74, 6) is 0. The summed E-state index contributed by atoms with van der Waals surface area (Å²) in [5.41, 5.74) is 3.42. The molecule has 2 rings (SSSR count). The highest BCUT2D eigenvalue weighted by molar-refractivity contribution is 6.64. The molecule has 1 saturated heterocycles. The predicted octanol–water partition coefficient (Wildman–Crippen LogP) is -0.145. The van der Waals surface area contributed by atoms with Gasteiger partial charge in [0, 0.05) is 12.4 Å². The van der Waals surface area contributed by atoms with Gasteiger partial charge >= 0.3 is 9.28 Å². The molecule has 0 aliphatic carbocycles. The van der Waals surface area contributed by atoms with E-state index in [4.69, 9.17) is 12.3 Å². The van der Waals surface area contributed by atoms with Crippen LogP contribution in [0, 0.1) is 0 Å². The number of rotatable bonds is 1. The fraction of sp³-hybridized carbons (Fsp3) is 0.222. The fourth-order valence-electron chi connectivity index (χ4n) is 0.993. The van der Waals surface area contributed by atoms with Crippen LogP contribution in [-0.4, -0.2) is 34.3 Å². The lowest BCUT2D eigenvalue weighted by molar-refractivity contribution is 0.332. The molecule has 0 bridgehead atoms. The van der Waals surface area contributed by atoms with Crippen LogP contribution in [0.4, 0.5) is 0 Å². The molecule has 1 aliphatic rings. The van der Waals surface area contributed by atoms with Crippen LogP contribution in [0.3, 0.4) is 0 Å². The Morgan fingerprint density at radius 1 is 1.12 bits per heavy atom. The second kappa shape index (κ2) is 8.56. The molecule has 0 radical (unpaired) electrons. The van der Waals surface area contributed by atoms with Crippen molar-refractivity contribution in [3.8, 4) is 0 Å². The third-order valence-corrected chi connectivity index (χ3v) is 7.66. The van der Waals surface area contributed by atoms with Gasteiger partial charge in [0.05, 0.1) is 0 Å². The SMILES string of the molecule is CC(C)=C[SiH]1O[SiH2]O[SiH2]O1.c1ccncc1. The largest absolute Gasteiger partial charge is 0.425 e. The lowest BCUT2D eigenvalue weighted by Gasteiger charge is -2.19. The number of nitrogens with zero attached hydrogens (tertiary/aromatic N) is 1. The van der Waals surface area contributed by atoms with E-state index in [1.165, 1.54) is 5.57 Å². The second-order valence-electron chi connectivity index (χ2n) is 3.41. The van der Waals surface area contributed by atoms with Gasteiger partial charge in [-0.15, -0.1) is 0 Å². The van der Waals surface area contributed by atoms with E-state index in [2.05, 4.69) is 24.5 Å². The van der Waals surface area contributed by atoms with E-state index in [1.54, 1.807) is 12.4 Å². The minimum atomic E-state index is -1.35. The Kier molecular flexibility index (Phi) is 7.21. The van der Waals surface area contributed by atoms with E-state index in [0.29, 0.717) is 0 Å². The van der Waals surface area contributed by atoms with Crippen LogP contribution in [0.1, 0.15) is 13.8 Å². The number of hydrogen-bond acceptors (Lipinski definition) is 4. The first kappa shape index (κ1) is 13.5. The van der Waals surface area contributed by atoms with Crippen molar-refractivity contribution in [2.75, 3.05) is 0 Å². The number of allylic oxidation sites excluding steroid dienone is 1. The third-order valence-electron chi connectivity index (χ3n) is 1.67. The molecule has 0 atom stereocenters. The summed E-state index contributed by atoms with van der Waals surface area (Å²) in [6, 6.07) is 5.72. The summed E-state index contributed by atoms with van der Waals surface area (Å²) < 4.78 is 15.9. The van der Waals surface area contributed by atoms with Crippen molar-refractivity contribution in [2.45, 2.75) is 13.8 Å². The molecule has 0 saturated carbocycles. The van der Waals surface area contributed by atoms with Crippen molar-refractivity contribution in [3.63, 3.8) is 0 Å². The third kappa shape index (κ3) is 6.82. The van der Waals surface area contributed by atoms with Crippen molar-refractivity contribution in [1.82, 2.24) is 4.98 Å². The summed E-state index contributed by atoms with van der Waals surface area (Å²) in [6.45, 7) is 4.14. The Labute approximate surface area is 103 Å². The van der Waals surface area contributed by atoms with Crippen LogP contribution in [0.5, 0.6) is 0 Å². The Balaban J connectivity index is 0.000000181. The van der Waals surface area contributed by atoms with Gasteiger partial charge in [-0.05, 0) is 31.7 Å². The molecule has 2 heterocycles. The number of aromatic nitrogens is 1. The maximum atomic E-state index is 5.38. The average molecular weight is 271 g/mol. The summed E-state index contributed by atoms with van der Waals surface area (Å²) in [7, 11) is -2.60. The molecule has 0 aromatic carbocycles. The smallest absolute Gasteiger partial charge is 0.329 e. The summed E-state index contributed by atoms with van der Waals surface area (Å²) in [4.78, 5) is 3.78. The van der Waals surface area contributed by atoms with Crippen LogP contribution < -0.4 is 0 Å². The molecule has 7 heteroatoms. The van der Waals surface area contributed by atoms with Gasteiger partial charge in [0.25, 0.3) is 20.0 Å². The quantitative estimate of drug-likeness (QED) is 0.667. The van der Waals surface area contributed by atoms with E-state index >= 15 is 0 Å². The van der Waals surface area contributed by atoms with Crippen molar-refractivity contribution >= 4 is 29.3 Å². The maximum Gasteiger partial charge on any atom is 0.329 e. The number of hydrogen-bond donors (Lipinski definition) is 0. The van der Waals surface area contributed by atoms with Crippen molar-refractivity contribution < 1.29 is 12.3 Å². The minimum Gasteiger partial charge on any atom is -0.425 e. The summed E-state index contributed by atoms with van der Waals surface area (Å²) in [6.07, 6.45) is 3.50. The standard InChI is InChI=1S/C5H5N.C4H12O3Si3/c1-2-4-6-5-3-1;1-4(2)3-10-6-8-5-9-7-10/h1-5H;3,10H,8-9H2,1-2H3. The Hall–Kier alpha value is -0.579. The van der Waals surface area contributed by atoms with E-state index in [1.807, 2.05) is 18.2 Å². The minimum absolute atomic E-state index is 0.628. The van der Waals surface area contributed by atoms with Crippen molar-refractivity contribution in [2.24, 2.45) is 0 Å². The average Bonchev–Trinajstić information content (AvgIpc) is 2.32. The normalized spacial score (nSPS) is 22.2. The molecule has 0 spiro atoms. The molecule has 1 aromatic heterocycles. The maximum absolute atomic E-state index is 5.38. The van der Waals surface area contributed by atoms with Gasteiger partial charge in [-0.2, -0.15) is 0 Å². The zero-order valence-electron chi connectivity index (χ0n) is 9.63. The van der Waals surface area contributed by atoms with Gasteiger partial charge in [-0.3, -0.25) is 4.98 Å². The highest BCUT2D eigenvalue weighted by Gasteiger charge is 2.14.